The fourth-order valence-electron chi connectivity index (χ4n) is 3.98. The first kappa shape index (κ1) is 18.1. The van der Waals surface area contributed by atoms with Crippen molar-refractivity contribution in [3.05, 3.63) is 82.5 Å². The summed E-state index contributed by atoms with van der Waals surface area (Å²) in [6.45, 7) is 1.95. The zero-order valence-corrected chi connectivity index (χ0v) is 16.1. The van der Waals surface area contributed by atoms with Crippen molar-refractivity contribution >= 4 is 34.0 Å². The van der Waals surface area contributed by atoms with E-state index in [1.165, 1.54) is 4.40 Å². The van der Waals surface area contributed by atoms with Crippen molar-refractivity contribution in [3.63, 3.8) is 0 Å². The number of carbonyl (C=O) groups excluding carboxylic acids is 1. The molecule has 0 spiro atoms. The summed E-state index contributed by atoms with van der Waals surface area (Å²) in [6, 6.07) is 19.0. The monoisotopic (exact) mass is 401 g/mol. The molecular formula is C22H19N5O3. The highest BCUT2D eigenvalue weighted by molar-refractivity contribution is 5.98. The Balaban J connectivity index is 1.36. The van der Waals surface area contributed by atoms with Crippen molar-refractivity contribution in [2.24, 2.45) is 0 Å². The highest BCUT2D eigenvalue weighted by atomic mass is 16.6. The van der Waals surface area contributed by atoms with Crippen LogP contribution < -0.4 is 4.90 Å². The van der Waals surface area contributed by atoms with Gasteiger partial charge in [-0.15, -0.1) is 0 Å². The van der Waals surface area contributed by atoms with Crippen molar-refractivity contribution in [2.45, 2.75) is 0 Å². The Hall–Kier alpha value is -3.94. The minimum absolute atomic E-state index is 0.0232. The summed E-state index contributed by atoms with van der Waals surface area (Å²) in [4.78, 5) is 32.4. The molecule has 150 valence electrons. The molecule has 8 heteroatoms. The summed E-state index contributed by atoms with van der Waals surface area (Å²) >= 11 is 0. The van der Waals surface area contributed by atoms with Gasteiger partial charge in [-0.1, -0.05) is 36.4 Å². The molecule has 0 radical (unpaired) electrons. The van der Waals surface area contributed by atoms with Crippen LogP contribution in [0.25, 0.3) is 16.4 Å². The van der Waals surface area contributed by atoms with Crippen molar-refractivity contribution < 1.29 is 9.72 Å². The molecule has 1 aliphatic heterocycles. The van der Waals surface area contributed by atoms with E-state index in [1.807, 2.05) is 47.4 Å². The fourth-order valence-corrected chi connectivity index (χ4v) is 3.98. The third kappa shape index (κ3) is 3.02. The van der Waals surface area contributed by atoms with Gasteiger partial charge in [0.05, 0.1) is 6.20 Å². The molecule has 1 amide bonds. The molecule has 2 aromatic heterocycles. The first-order chi connectivity index (χ1) is 14.6. The third-order valence-corrected chi connectivity index (χ3v) is 5.52. The minimum Gasteiger partial charge on any atom is -0.358 e. The van der Waals surface area contributed by atoms with Crippen LogP contribution in [0.4, 0.5) is 11.6 Å². The van der Waals surface area contributed by atoms with Gasteiger partial charge in [0, 0.05) is 37.8 Å². The van der Waals surface area contributed by atoms with Gasteiger partial charge in [0.1, 0.15) is 0 Å². The number of rotatable bonds is 3. The van der Waals surface area contributed by atoms with Crippen LogP contribution >= 0.6 is 0 Å². The van der Waals surface area contributed by atoms with E-state index in [9.17, 15) is 14.9 Å². The standard InChI is InChI=1S/C22H19N5O3/c28-22(18-9-8-16-5-1-2-6-17(16)15-18)25-13-11-24(12-14-25)20-21(27(29)30)26-10-4-3-7-19(26)23-20/h1-10,15H,11-14H2. The predicted octanol–water partition coefficient (Wildman–Crippen LogP) is 3.36. The second-order valence-corrected chi connectivity index (χ2v) is 7.29. The molecule has 2 aromatic carbocycles. The molecule has 0 bridgehead atoms. The van der Waals surface area contributed by atoms with Gasteiger partial charge in [0.2, 0.25) is 11.5 Å². The van der Waals surface area contributed by atoms with Crippen molar-refractivity contribution in [3.8, 4) is 0 Å². The van der Waals surface area contributed by atoms with Crippen LogP contribution in [-0.2, 0) is 0 Å². The lowest BCUT2D eigenvalue weighted by molar-refractivity contribution is -0.389. The quantitative estimate of drug-likeness (QED) is 0.388. The number of pyridine rings is 1. The van der Waals surface area contributed by atoms with Gasteiger partial charge < -0.3 is 19.9 Å². The molecule has 4 aromatic rings. The Morgan fingerprint density at radius 1 is 0.933 bits per heavy atom. The summed E-state index contributed by atoms with van der Waals surface area (Å²) in [6.07, 6.45) is 1.64. The summed E-state index contributed by atoms with van der Waals surface area (Å²) < 4.78 is 1.49. The van der Waals surface area contributed by atoms with Crippen LogP contribution in [0.5, 0.6) is 0 Å². The first-order valence-corrected chi connectivity index (χ1v) is 9.76. The summed E-state index contributed by atoms with van der Waals surface area (Å²) in [5.74, 6) is 0.286. The average Bonchev–Trinajstić information content (AvgIpc) is 3.18. The molecule has 0 aliphatic carbocycles. The van der Waals surface area contributed by atoms with E-state index in [2.05, 4.69) is 4.98 Å². The van der Waals surface area contributed by atoms with E-state index in [1.54, 1.807) is 29.3 Å². The van der Waals surface area contributed by atoms with E-state index in [-0.39, 0.29) is 11.7 Å². The van der Waals surface area contributed by atoms with Crippen LogP contribution in [-0.4, -0.2) is 51.3 Å². The van der Waals surface area contributed by atoms with Gasteiger partial charge in [-0.25, -0.2) is 0 Å². The first-order valence-electron chi connectivity index (χ1n) is 9.76. The lowest BCUT2D eigenvalue weighted by Gasteiger charge is -2.34. The number of imidazole rings is 1. The molecule has 5 rings (SSSR count). The third-order valence-electron chi connectivity index (χ3n) is 5.52. The SMILES string of the molecule is O=C(c1ccc2ccccc2c1)N1CCN(c2nc3ccccn3c2[N+](=O)[O-])CC1. The number of piperazine rings is 1. The Labute approximate surface area is 172 Å². The van der Waals surface area contributed by atoms with E-state index in [0.717, 1.165) is 10.8 Å². The summed E-state index contributed by atoms with van der Waals surface area (Å²) in [5, 5.41) is 13.8. The topological polar surface area (TPSA) is 84.0 Å². The molecule has 0 N–H and O–H groups in total. The van der Waals surface area contributed by atoms with Crippen molar-refractivity contribution in [1.82, 2.24) is 14.3 Å². The maximum absolute atomic E-state index is 13.0. The van der Waals surface area contributed by atoms with Gasteiger partial charge in [-0.05, 0) is 33.9 Å². The Morgan fingerprint density at radius 3 is 2.43 bits per heavy atom. The maximum Gasteiger partial charge on any atom is 0.372 e. The normalized spacial score (nSPS) is 14.4. The van der Waals surface area contributed by atoms with Crippen LogP contribution in [0, 0.1) is 10.1 Å². The van der Waals surface area contributed by atoms with E-state index in [0.29, 0.717) is 43.2 Å². The number of amides is 1. The smallest absolute Gasteiger partial charge is 0.358 e. The number of hydrogen-bond donors (Lipinski definition) is 0. The van der Waals surface area contributed by atoms with Crippen LogP contribution in [0.2, 0.25) is 0 Å². The lowest BCUT2D eigenvalue weighted by Crippen LogP contribution is -2.49. The Morgan fingerprint density at radius 2 is 1.67 bits per heavy atom. The number of carbonyl (C=O) groups is 1. The molecule has 1 fully saturated rings. The molecule has 1 saturated heterocycles. The molecule has 3 heterocycles. The average molecular weight is 401 g/mol. The molecule has 0 atom stereocenters. The van der Waals surface area contributed by atoms with Gasteiger partial charge in [0.15, 0.2) is 0 Å². The fraction of sp³-hybridized carbons (Fsp3) is 0.182. The molecule has 8 nitrogen and oxygen atoms in total. The van der Waals surface area contributed by atoms with Gasteiger partial charge in [-0.2, -0.15) is 9.38 Å². The van der Waals surface area contributed by atoms with Crippen molar-refractivity contribution in [2.75, 3.05) is 31.1 Å². The highest BCUT2D eigenvalue weighted by Gasteiger charge is 2.30. The molecular weight excluding hydrogens is 382 g/mol. The van der Waals surface area contributed by atoms with Gasteiger partial charge in [0.25, 0.3) is 5.91 Å². The number of aromatic nitrogens is 2. The Bertz CT molecular complexity index is 1270. The molecule has 30 heavy (non-hydrogen) atoms. The number of nitrogens with zero attached hydrogens (tertiary/aromatic N) is 5. The summed E-state index contributed by atoms with van der Waals surface area (Å²) in [7, 11) is 0. The second kappa shape index (κ2) is 7.14. The molecule has 0 unspecified atom stereocenters. The van der Waals surface area contributed by atoms with Crippen LogP contribution in [0.3, 0.4) is 0 Å². The predicted molar refractivity (Wildman–Crippen MR) is 114 cm³/mol. The minimum atomic E-state index is -0.401. The lowest BCUT2D eigenvalue weighted by atomic mass is 10.1. The van der Waals surface area contributed by atoms with Crippen LogP contribution in [0.1, 0.15) is 10.4 Å². The Kier molecular flexibility index (Phi) is 4.31. The number of anilines is 1. The van der Waals surface area contributed by atoms with Crippen molar-refractivity contribution in [1.29, 1.82) is 0 Å². The van der Waals surface area contributed by atoms with Crippen LogP contribution in [0.15, 0.2) is 66.9 Å². The highest BCUT2D eigenvalue weighted by Crippen LogP contribution is 2.29. The summed E-state index contributed by atoms with van der Waals surface area (Å²) in [5.41, 5.74) is 1.19. The van der Waals surface area contributed by atoms with E-state index < -0.39 is 4.92 Å². The number of hydrogen-bond acceptors (Lipinski definition) is 5. The maximum atomic E-state index is 13.0. The zero-order chi connectivity index (χ0) is 20.7. The van der Waals surface area contributed by atoms with E-state index in [4.69, 9.17) is 0 Å². The molecule has 1 aliphatic rings. The largest absolute Gasteiger partial charge is 0.372 e. The van der Waals surface area contributed by atoms with Gasteiger partial charge in [-0.3, -0.25) is 4.79 Å². The second-order valence-electron chi connectivity index (χ2n) is 7.29. The van der Waals surface area contributed by atoms with Gasteiger partial charge >= 0.3 is 5.82 Å². The number of nitro groups is 1. The van der Waals surface area contributed by atoms with E-state index >= 15 is 0 Å². The number of benzene rings is 2. The molecule has 0 saturated carbocycles. The number of fused-ring (bicyclic) bond motifs is 2. The zero-order valence-electron chi connectivity index (χ0n) is 16.1.